The highest BCUT2D eigenvalue weighted by Gasteiger charge is 2.44. The van der Waals surface area contributed by atoms with Crippen LogP contribution < -0.4 is 38.1 Å². The van der Waals surface area contributed by atoms with Gasteiger partial charge in [0.25, 0.3) is 0 Å². The first-order valence-corrected chi connectivity index (χ1v) is 15.0. The predicted molar refractivity (Wildman–Crippen MR) is 154 cm³/mol. The molecule has 42 heavy (non-hydrogen) atoms. The van der Waals surface area contributed by atoms with Gasteiger partial charge in [-0.1, -0.05) is 13.8 Å². The van der Waals surface area contributed by atoms with Gasteiger partial charge in [-0.25, -0.2) is 0 Å². The van der Waals surface area contributed by atoms with E-state index in [0.717, 1.165) is 0 Å². The van der Waals surface area contributed by atoms with E-state index in [9.17, 15) is 33.9 Å². The fourth-order valence-corrected chi connectivity index (χ4v) is 6.64. The number of nitrogens with two attached hydrogens (primary N) is 2. The summed E-state index contributed by atoms with van der Waals surface area (Å²) >= 11 is 1.62. The number of carbonyl (C=O) groups is 6. The lowest BCUT2D eigenvalue weighted by Gasteiger charge is -2.38. The van der Waals surface area contributed by atoms with Crippen molar-refractivity contribution < 1.29 is 33.9 Å². The number of carbonyl (C=O) groups excluding carboxylic acids is 5. The van der Waals surface area contributed by atoms with Crippen molar-refractivity contribution in [3.63, 3.8) is 0 Å². The van der Waals surface area contributed by atoms with E-state index in [1.54, 1.807) is 25.6 Å². The van der Waals surface area contributed by atoms with Crippen LogP contribution in [0.1, 0.15) is 46.0 Å². The minimum atomic E-state index is -1.38. The van der Waals surface area contributed by atoms with E-state index in [1.807, 2.05) is 4.90 Å². The van der Waals surface area contributed by atoms with E-state index in [0.29, 0.717) is 31.6 Å². The van der Waals surface area contributed by atoms with Crippen LogP contribution in [-0.2, 0) is 28.8 Å². The Kier molecular flexibility index (Phi) is 11.8. The number of carboxylic acid groups (broad SMARTS) is 1. The fourth-order valence-electron chi connectivity index (χ4n) is 5.16. The molecule has 3 heterocycles. The Hall–Kier alpha value is -3.60. The summed E-state index contributed by atoms with van der Waals surface area (Å²) in [6.07, 6.45) is 1.08. The first kappa shape index (κ1) is 32.9. The number of thioether (sulfide) groups is 1. The number of rotatable bonds is 7. The molecule has 234 valence electrons. The number of piperidine rings is 1. The summed E-state index contributed by atoms with van der Waals surface area (Å²) < 4.78 is 0. The van der Waals surface area contributed by atoms with Gasteiger partial charge < -0.3 is 43.2 Å². The average Bonchev–Trinajstić information content (AvgIpc) is 3.33. The van der Waals surface area contributed by atoms with Crippen molar-refractivity contribution in [2.24, 2.45) is 22.4 Å². The van der Waals surface area contributed by atoms with Crippen LogP contribution >= 0.6 is 11.8 Å². The van der Waals surface area contributed by atoms with Gasteiger partial charge in [-0.3, -0.25) is 38.7 Å². The molecule has 0 saturated carbocycles. The van der Waals surface area contributed by atoms with Gasteiger partial charge in [0.1, 0.15) is 18.1 Å². The van der Waals surface area contributed by atoms with Crippen molar-refractivity contribution in [1.29, 1.82) is 0 Å². The standard InChI is InChI=1S/C25H41N9O7S/c1-12(2)20-24(41)32-14(4-3-7-28-25(26)27)21(38)29-9-17(35)31-15(8-19(36)37)22(39)30-13-5-6-18-34(10-13)16(11-42-18)23(40)33-20/h12-16,18,20H,3-11H2,1-2H3,(H,29,38)(H,30,39)(H,31,35)(H,32,41)(H,33,40)(H,36,37)(H4,26,27,28)/t13-,14-,15-,16-,18-,20-/m0/s1. The molecule has 0 aromatic carbocycles. The number of hydrogen-bond donors (Lipinski definition) is 8. The third-order valence-electron chi connectivity index (χ3n) is 7.34. The third kappa shape index (κ3) is 9.20. The molecule has 5 amide bonds. The van der Waals surface area contributed by atoms with Gasteiger partial charge in [-0.15, -0.1) is 11.8 Å². The van der Waals surface area contributed by atoms with Gasteiger partial charge in [0.2, 0.25) is 29.5 Å². The second-order valence-electron chi connectivity index (χ2n) is 11.0. The molecule has 0 aromatic heterocycles. The number of carboxylic acids is 1. The molecule has 16 nitrogen and oxygen atoms in total. The van der Waals surface area contributed by atoms with E-state index in [1.165, 1.54) is 0 Å². The highest BCUT2D eigenvalue weighted by molar-refractivity contribution is 8.00. The van der Waals surface area contributed by atoms with E-state index in [-0.39, 0.29) is 42.2 Å². The monoisotopic (exact) mass is 611 g/mol. The Morgan fingerprint density at radius 1 is 1.00 bits per heavy atom. The summed E-state index contributed by atoms with van der Waals surface area (Å²) in [7, 11) is 0. The molecular weight excluding hydrogens is 570 g/mol. The summed E-state index contributed by atoms with van der Waals surface area (Å²) in [6, 6.07) is -4.34. The maximum atomic E-state index is 13.5. The maximum absolute atomic E-state index is 13.5. The summed E-state index contributed by atoms with van der Waals surface area (Å²) in [6.45, 7) is 3.53. The first-order valence-electron chi connectivity index (χ1n) is 14.0. The molecule has 3 aliphatic heterocycles. The van der Waals surface area contributed by atoms with E-state index >= 15 is 0 Å². The second kappa shape index (κ2) is 15.0. The number of guanidine groups is 1. The van der Waals surface area contributed by atoms with Gasteiger partial charge in [0, 0.05) is 24.9 Å². The highest BCUT2D eigenvalue weighted by atomic mass is 32.2. The quantitative estimate of drug-likeness (QED) is 0.0807. The smallest absolute Gasteiger partial charge is 0.305 e. The van der Waals surface area contributed by atoms with E-state index < -0.39 is 66.7 Å². The van der Waals surface area contributed by atoms with Crippen LogP contribution in [0.5, 0.6) is 0 Å². The van der Waals surface area contributed by atoms with Crippen LogP contribution in [0.4, 0.5) is 0 Å². The van der Waals surface area contributed by atoms with Gasteiger partial charge in [0.15, 0.2) is 5.96 Å². The lowest BCUT2D eigenvalue weighted by Crippen LogP contribution is -2.61. The molecule has 2 bridgehead atoms. The Balaban J connectivity index is 1.87. The third-order valence-corrected chi connectivity index (χ3v) is 8.74. The fraction of sp³-hybridized carbons (Fsp3) is 0.720. The molecule has 0 aromatic rings. The van der Waals surface area contributed by atoms with Crippen molar-refractivity contribution in [2.75, 3.05) is 25.4 Å². The van der Waals surface area contributed by atoms with Gasteiger partial charge in [-0.05, 0) is 31.6 Å². The average molecular weight is 612 g/mol. The number of aliphatic imine (C=N–C) groups is 1. The number of aliphatic carboxylic acids is 1. The van der Waals surface area contributed by atoms with Crippen molar-refractivity contribution in [2.45, 2.75) is 81.5 Å². The van der Waals surface area contributed by atoms with Crippen molar-refractivity contribution in [3.05, 3.63) is 0 Å². The number of fused-ring (bicyclic) bond motifs is 1. The molecule has 6 atom stereocenters. The zero-order valence-corrected chi connectivity index (χ0v) is 24.6. The Morgan fingerprint density at radius 3 is 2.40 bits per heavy atom. The minimum absolute atomic E-state index is 0.0543. The second-order valence-corrected chi connectivity index (χ2v) is 12.2. The summed E-state index contributed by atoms with van der Waals surface area (Å²) in [5.41, 5.74) is 10.7. The Bertz CT molecular complexity index is 1080. The largest absolute Gasteiger partial charge is 0.481 e. The van der Waals surface area contributed by atoms with Crippen LogP contribution in [-0.4, -0.2) is 112 Å². The van der Waals surface area contributed by atoms with Crippen molar-refractivity contribution in [1.82, 2.24) is 31.5 Å². The van der Waals surface area contributed by atoms with Crippen LogP contribution in [0, 0.1) is 5.92 Å². The summed E-state index contributed by atoms with van der Waals surface area (Å²) in [4.78, 5) is 82.9. The number of nitrogens with one attached hydrogen (secondary N) is 5. The first-order chi connectivity index (χ1) is 19.8. The summed E-state index contributed by atoms with van der Waals surface area (Å²) in [5, 5.41) is 22.6. The molecule has 3 saturated heterocycles. The van der Waals surface area contributed by atoms with E-state index in [4.69, 9.17) is 11.5 Å². The normalized spacial score (nSPS) is 29.7. The maximum Gasteiger partial charge on any atom is 0.305 e. The molecule has 0 spiro atoms. The predicted octanol–water partition coefficient (Wildman–Crippen LogP) is -3.22. The molecule has 0 radical (unpaired) electrons. The van der Waals surface area contributed by atoms with Crippen molar-refractivity contribution >= 4 is 53.2 Å². The highest BCUT2D eigenvalue weighted by Crippen LogP contribution is 2.36. The topological polar surface area (TPSA) is 250 Å². The number of amides is 5. The minimum Gasteiger partial charge on any atom is -0.481 e. The number of hydrogen-bond acceptors (Lipinski definition) is 9. The zero-order chi connectivity index (χ0) is 31.0. The van der Waals surface area contributed by atoms with Gasteiger partial charge in [-0.2, -0.15) is 0 Å². The molecule has 3 aliphatic rings. The molecule has 0 unspecified atom stereocenters. The molecule has 17 heteroatoms. The van der Waals surface area contributed by atoms with Gasteiger partial charge in [0.05, 0.1) is 24.4 Å². The molecule has 10 N–H and O–H groups in total. The summed E-state index contributed by atoms with van der Waals surface area (Å²) in [5.74, 6) is -4.25. The van der Waals surface area contributed by atoms with Gasteiger partial charge >= 0.3 is 5.97 Å². The molecule has 3 fully saturated rings. The molecule has 0 aliphatic carbocycles. The van der Waals surface area contributed by atoms with Crippen LogP contribution in [0.25, 0.3) is 0 Å². The number of nitrogens with zero attached hydrogens (tertiary/aromatic N) is 2. The van der Waals surface area contributed by atoms with Crippen LogP contribution in [0.3, 0.4) is 0 Å². The van der Waals surface area contributed by atoms with E-state index in [2.05, 4.69) is 31.6 Å². The Morgan fingerprint density at radius 2 is 1.74 bits per heavy atom. The Labute approximate surface area is 247 Å². The van der Waals surface area contributed by atoms with Crippen molar-refractivity contribution in [3.8, 4) is 0 Å². The zero-order valence-electron chi connectivity index (χ0n) is 23.8. The molecular formula is C25H41N9O7S. The molecule has 3 rings (SSSR count). The lowest BCUT2D eigenvalue weighted by molar-refractivity contribution is -0.141. The SMILES string of the molecule is CC(C)[C@@H]1NC(=O)[C@@H]2CS[C@H]3CC[C@@H](CN32)NC(=O)[C@H](CC(=O)O)NC(=O)CNC(=O)[C@H](CCCN=C(N)N)NC1=O. The van der Waals surface area contributed by atoms with Crippen LogP contribution in [0.2, 0.25) is 0 Å². The lowest BCUT2D eigenvalue weighted by atomic mass is 10.00. The van der Waals surface area contributed by atoms with Crippen LogP contribution in [0.15, 0.2) is 4.99 Å².